The van der Waals surface area contributed by atoms with Gasteiger partial charge in [0.25, 0.3) is 5.91 Å². The summed E-state index contributed by atoms with van der Waals surface area (Å²) in [7, 11) is -3.71. The Balaban J connectivity index is 0.00000280. The van der Waals surface area contributed by atoms with E-state index in [4.69, 9.17) is 0 Å². The lowest BCUT2D eigenvalue weighted by Gasteiger charge is -2.21. The summed E-state index contributed by atoms with van der Waals surface area (Å²) in [6.07, 6.45) is 0.793. The van der Waals surface area contributed by atoms with Crippen LogP contribution in [0.25, 0.3) is 0 Å². The first kappa shape index (κ1) is 22.4. The van der Waals surface area contributed by atoms with E-state index in [1.54, 1.807) is 39.8 Å². The fourth-order valence-corrected chi connectivity index (χ4v) is 4.72. The number of H-pyrrole nitrogens is 1. The van der Waals surface area contributed by atoms with Crippen LogP contribution in [0.3, 0.4) is 0 Å². The first-order valence-corrected chi connectivity index (χ1v) is 10.3. The zero-order valence-corrected chi connectivity index (χ0v) is 18.0. The second kappa shape index (κ2) is 8.20. The molecule has 4 N–H and O–H groups in total. The van der Waals surface area contributed by atoms with Gasteiger partial charge in [-0.15, -0.1) is 12.4 Å². The summed E-state index contributed by atoms with van der Waals surface area (Å²) >= 11 is 0. The van der Waals surface area contributed by atoms with Crippen molar-refractivity contribution in [3.05, 3.63) is 40.7 Å². The van der Waals surface area contributed by atoms with E-state index in [0.29, 0.717) is 23.5 Å². The number of halogens is 1. The van der Waals surface area contributed by atoms with Crippen molar-refractivity contribution in [3.8, 4) is 0 Å². The molecule has 3 rings (SSSR count). The third-order valence-electron chi connectivity index (χ3n) is 4.20. The van der Waals surface area contributed by atoms with Gasteiger partial charge in [-0.25, -0.2) is 13.1 Å². The third kappa shape index (κ3) is 4.91. The average molecular weight is 428 g/mol. The number of hydrogen-bond donors (Lipinski definition) is 4. The number of carbonyl (C=O) groups is 1. The smallest absolute Gasteiger partial charge is 0.276 e. The molecule has 0 aliphatic carbocycles. The molecule has 1 aliphatic rings. The van der Waals surface area contributed by atoms with E-state index < -0.39 is 15.6 Å². The van der Waals surface area contributed by atoms with E-state index in [9.17, 15) is 13.2 Å². The van der Waals surface area contributed by atoms with Crippen LogP contribution < -0.4 is 15.4 Å². The van der Waals surface area contributed by atoms with Crippen LogP contribution in [0.1, 0.15) is 48.1 Å². The summed E-state index contributed by atoms with van der Waals surface area (Å²) in [4.78, 5) is 12.8. The molecule has 1 aromatic heterocycles. The third-order valence-corrected chi connectivity index (χ3v) is 6.10. The maximum atomic E-state index is 12.7. The number of hydrogen-bond acceptors (Lipinski definition) is 5. The minimum absolute atomic E-state index is 0. The molecule has 0 radical (unpaired) electrons. The molecule has 28 heavy (non-hydrogen) atoms. The second-order valence-corrected chi connectivity index (χ2v) is 9.40. The molecule has 0 bridgehead atoms. The zero-order chi connectivity index (χ0) is 19.8. The lowest BCUT2D eigenvalue weighted by Crippen LogP contribution is -2.40. The van der Waals surface area contributed by atoms with Crippen molar-refractivity contribution < 1.29 is 13.2 Å². The molecule has 1 aliphatic heterocycles. The van der Waals surface area contributed by atoms with Gasteiger partial charge >= 0.3 is 0 Å². The van der Waals surface area contributed by atoms with Gasteiger partial charge in [0.15, 0.2) is 5.69 Å². The van der Waals surface area contributed by atoms with Gasteiger partial charge in [0, 0.05) is 42.0 Å². The molecule has 1 aromatic carbocycles. The average Bonchev–Trinajstić information content (AvgIpc) is 2.98. The zero-order valence-electron chi connectivity index (χ0n) is 16.3. The minimum Gasteiger partial charge on any atom is -0.321 e. The van der Waals surface area contributed by atoms with Gasteiger partial charge in [-0.3, -0.25) is 9.89 Å². The lowest BCUT2D eigenvalue weighted by atomic mass is 10.1. The Morgan fingerprint density at radius 1 is 1.25 bits per heavy atom. The Morgan fingerprint density at radius 2 is 1.96 bits per heavy atom. The van der Waals surface area contributed by atoms with Crippen LogP contribution in [-0.2, 0) is 23.0 Å². The lowest BCUT2D eigenvalue weighted by molar-refractivity contribution is 0.102. The largest absolute Gasteiger partial charge is 0.321 e. The van der Waals surface area contributed by atoms with Crippen LogP contribution in [0.4, 0.5) is 5.69 Å². The highest BCUT2D eigenvalue weighted by atomic mass is 35.5. The van der Waals surface area contributed by atoms with Gasteiger partial charge in [-0.2, -0.15) is 5.10 Å². The van der Waals surface area contributed by atoms with Crippen LogP contribution in [0.15, 0.2) is 23.1 Å². The van der Waals surface area contributed by atoms with Crippen LogP contribution >= 0.6 is 12.4 Å². The molecule has 0 saturated heterocycles. The number of sulfonamides is 1. The number of rotatable bonds is 4. The van der Waals surface area contributed by atoms with Gasteiger partial charge in [0.2, 0.25) is 10.0 Å². The Morgan fingerprint density at radius 3 is 2.64 bits per heavy atom. The fourth-order valence-electron chi connectivity index (χ4n) is 3.03. The molecule has 10 heteroatoms. The number of aromatic nitrogens is 2. The highest BCUT2D eigenvalue weighted by Gasteiger charge is 2.25. The molecule has 0 spiro atoms. The molecular formula is C18H26ClN5O3S. The topological polar surface area (TPSA) is 116 Å². The molecule has 2 heterocycles. The highest BCUT2D eigenvalue weighted by Crippen LogP contribution is 2.23. The summed E-state index contributed by atoms with van der Waals surface area (Å²) in [6, 6.07) is 4.83. The maximum absolute atomic E-state index is 12.7. The Bertz CT molecular complexity index is 980. The number of aryl methyl sites for hydroxylation is 1. The number of nitrogens with zero attached hydrogens (tertiary/aromatic N) is 1. The van der Waals surface area contributed by atoms with Gasteiger partial charge < -0.3 is 10.6 Å². The van der Waals surface area contributed by atoms with Crippen LogP contribution in [-0.4, -0.2) is 36.6 Å². The van der Waals surface area contributed by atoms with E-state index in [-0.39, 0.29) is 23.2 Å². The molecule has 0 saturated carbocycles. The van der Waals surface area contributed by atoms with Crippen LogP contribution in [0.2, 0.25) is 0 Å². The predicted octanol–water partition coefficient (Wildman–Crippen LogP) is 2.11. The van der Waals surface area contributed by atoms with Crippen molar-refractivity contribution in [2.45, 2.75) is 51.1 Å². The number of nitrogens with one attached hydrogen (secondary N) is 4. The predicted molar refractivity (Wildman–Crippen MR) is 110 cm³/mol. The van der Waals surface area contributed by atoms with Gasteiger partial charge in [0.05, 0.1) is 4.90 Å². The van der Waals surface area contributed by atoms with E-state index in [1.807, 2.05) is 0 Å². The van der Waals surface area contributed by atoms with E-state index in [1.165, 1.54) is 6.07 Å². The van der Waals surface area contributed by atoms with E-state index in [0.717, 1.165) is 24.2 Å². The van der Waals surface area contributed by atoms with Crippen molar-refractivity contribution in [1.29, 1.82) is 0 Å². The minimum atomic E-state index is -3.71. The Hall–Kier alpha value is -1.94. The van der Waals surface area contributed by atoms with Gasteiger partial charge in [-0.05, 0) is 45.4 Å². The number of anilines is 1. The first-order valence-electron chi connectivity index (χ1n) is 8.80. The highest BCUT2D eigenvalue weighted by molar-refractivity contribution is 7.89. The van der Waals surface area contributed by atoms with Crippen LogP contribution in [0, 0.1) is 6.92 Å². The molecule has 0 atom stereocenters. The van der Waals surface area contributed by atoms with Crippen molar-refractivity contribution in [1.82, 2.24) is 20.2 Å². The SMILES string of the molecule is Cc1ccc(NC(=O)c2n[nH]c3c2CNCC3)cc1S(=O)(=O)NC(C)(C)C.Cl. The van der Waals surface area contributed by atoms with Crippen molar-refractivity contribution in [2.24, 2.45) is 0 Å². The molecule has 0 unspecified atom stereocenters. The quantitative estimate of drug-likeness (QED) is 0.596. The number of aromatic amines is 1. The summed E-state index contributed by atoms with van der Waals surface area (Å²) in [5.74, 6) is -0.368. The Kier molecular flexibility index (Phi) is 6.55. The van der Waals surface area contributed by atoms with Gasteiger partial charge in [0.1, 0.15) is 0 Å². The van der Waals surface area contributed by atoms with Crippen molar-refractivity contribution >= 4 is 34.0 Å². The van der Waals surface area contributed by atoms with E-state index in [2.05, 4.69) is 25.6 Å². The van der Waals surface area contributed by atoms with Crippen molar-refractivity contribution in [3.63, 3.8) is 0 Å². The Labute approximate surface area is 171 Å². The monoisotopic (exact) mass is 427 g/mol. The summed E-state index contributed by atoms with van der Waals surface area (Å²) in [5.41, 5.74) is 2.54. The van der Waals surface area contributed by atoms with E-state index >= 15 is 0 Å². The molecule has 1 amide bonds. The number of fused-ring (bicyclic) bond motifs is 1. The fraction of sp³-hybridized carbons (Fsp3) is 0.444. The van der Waals surface area contributed by atoms with Crippen LogP contribution in [0.5, 0.6) is 0 Å². The first-order chi connectivity index (χ1) is 12.6. The molecule has 154 valence electrons. The standard InChI is InChI=1S/C18H25N5O3S.ClH/c1-11-5-6-12(9-15(11)27(25,26)23-18(2,3)4)20-17(24)16-13-10-19-8-7-14(13)21-22-16;/h5-6,9,19,23H,7-8,10H2,1-4H3,(H,20,24)(H,21,22);1H. The normalized spacial score (nSPS) is 14.1. The molecular weight excluding hydrogens is 402 g/mol. The summed E-state index contributed by atoms with van der Waals surface area (Å²) in [5, 5.41) is 13.0. The molecule has 0 fully saturated rings. The molecule has 8 nitrogen and oxygen atoms in total. The summed E-state index contributed by atoms with van der Waals surface area (Å²) < 4.78 is 28.0. The molecule has 2 aromatic rings. The number of carbonyl (C=O) groups excluding carboxylic acids is 1. The number of benzene rings is 1. The summed E-state index contributed by atoms with van der Waals surface area (Å²) in [6.45, 7) is 8.48. The van der Waals surface area contributed by atoms with Crippen molar-refractivity contribution in [2.75, 3.05) is 11.9 Å². The number of amides is 1. The van der Waals surface area contributed by atoms with Gasteiger partial charge in [-0.1, -0.05) is 6.07 Å². The second-order valence-electron chi connectivity index (χ2n) is 7.75. The maximum Gasteiger partial charge on any atom is 0.276 e.